The van der Waals surface area contributed by atoms with Crippen LogP contribution < -0.4 is 0 Å². The van der Waals surface area contributed by atoms with Crippen LogP contribution in [0.3, 0.4) is 0 Å². The molecule has 2 aromatic carbocycles. The first-order valence-electron chi connectivity index (χ1n) is 8.56. The van der Waals surface area contributed by atoms with Gasteiger partial charge >= 0.3 is 6.18 Å². The van der Waals surface area contributed by atoms with E-state index in [1.165, 1.54) is 12.1 Å². The van der Waals surface area contributed by atoms with Crippen molar-refractivity contribution >= 4 is 5.91 Å². The Kier molecular flexibility index (Phi) is 5.32. The predicted molar refractivity (Wildman–Crippen MR) is 91.5 cm³/mol. The van der Waals surface area contributed by atoms with Crippen molar-refractivity contribution in [2.75, 3.05) is 13.1 Å². The monoisotopic (exact) mass is 363 g/mol. The first kappa shape index (κ1) is 18.5. The van der Waals surface area contributed by atoms with Gasteiger partial charge in [0.05, 0.1) is 11.7 Å². The molecule has 6 heteroatoms. The van der Waals surface area contributed by atoms with Gasteiger partial charge in [-0.15, -0.1) is 0 Å². The van der Waals surface area contributed by atoms with Crippen LogP contribution in [0.1, 0.15) is 40.4 Å². The minimum atomic E-state index is -4.41. The highest BCUT2D eigenvalue weighted by Crippen LogP contribution is 2.32. The van der Waals surface area contributed by atoms with E-state index < -0.39 is 17.8 Å². The maximum atomic E-state index is 12.6. The fraction of sp³-hybridized carbons (Fsp3) is 0.350. The summed E-state index contributed by atoms with van der Waals surface area (Å²) in [7, 11) is 0. The van der Waals surface area contributed by atoms with Crippen molar-refractivity contribution in [3.63, 3.8) is 0 Å². The molecule has 0 radical (unpaired) electrons. The molecule has 1 unspecified atom stereocenters. The first-order chi connectivity index (χ1) is 12.4. The fourth-order valence-electron chi connectivity index (χ4n) is 3.33. The Bertz CT molecular complexity index is 736. The number of benzene rings is 2. The fourth-order valence-corrected chi connectivity index (χ4v) is 3.33. The largest absolute Gasteiger partial charge is 0.416 e. The van der Waals surface area contributed by atoms with E-state index >= 15 is 0 Å². The Labute approximate surface area is 150 Å². The molecule has 1 heterocycles. The highest BCUT2D eigenvalue weighted by atomic mass is 19.4. The summed E-state index contributed by atoms with van der Waals surface area (Å²) in [6.45, 7) is 0.961. The Balaban J connectivity index is 1.60. The van der Waals surface area contributed by atoms with E-state index in [2.05, 4.69) is 0 Å². The van der Waals surface area contributed by atoms with Crippen molar-refractivity contribution < 1.29 is 23.1 Å². The molecule has 1 fully saturated rings. The topological polar surface area (TPSA) is 40.5 Å². The number of likely N-dealkylation sites (tertiary alicyclic amines) is 1. The van der Waals surface area contributed by atoms with E-state index in [-0.39, 0.29) is 17.4 Å². The number of carbonyl (C=O) groups excluding carboxylic acids is 1. The van der Waals surface area contributed by atoms with E-state index in [1.807, 2.05) is 30.3 Å². The molecule has 0 bridgehead atoms. The molecule has 1 amide bonds. The minimum Gasteiger partial charge on any atom is -0.388 e. The zero-order valence-electron chi connectivity index (χ0n) is 14.1. The minimum absolute atomic E-state index is 0.0639. The number of alkyl halides is 3. The summed E-state index contributed by atoms with van der Waals surface area (Å²) in [6.07, 6.45) is -3.67. The number of hydrogen-bond acceptors (Lipinski definition) is 2. The van der Waals surface area contributed by atoms with Crippen molar-refractivity contribution in [2.24, 2.45) is 5.92 Å². The van der Waals surface area contributed by atoms with Crippen LogP contribution in [-0.2, 0) is 6.18 Å². The van der Waals surface area contributed by atoms with Gasteiger partial charge < -0.3 is 10.0 Å². The molecule has 2 aromatic rings. The average Bonchev–Trinajstić information content (AvgIpc) is 2.67. The molecule has 138 valence electrons. The van der Waals surface area contributed by atoms with Gasteiger partial charge in [-0.2, -0.15) is 13.2 Å². The maximum Gasteiger partial charge on any atom is 0.416 e. The predicted octanol–water partition coefficient (Wildman–Crippen LogP) is 4.29. The molecule has 1 saturated heterocycles. The van der Waals surface area contributed by atoms with Gasteiger partial charge in [0.15, 0.2) is 0 Å². The molecule has 0 aliphatic carbocycles. The summed E-state index contributed by atoms with van der Waals surface area (Å²) >= 11 is 0. The SMILES string of the molecule is O=C(c1ccc(C(F)(F)F)cc1)N1CCC(C(O)c2ccccc2)CC1. The van der Waals surface area contributed by atoms with Crippen LogP contribution in [0.5, 0.6) is 0 Å². The molecular formula is C20H20F3NO2. The van der Waals surface area contributed by atoms with Crippen LogP contribution in [0.25, 0.3) is 0 Å². The maximum absolute atomic E-state index is 12.6. The normalized spacial score (nSPS) is 17.2. The van der Waals surface area contributed by atoms with E-state index in [1.54, 1.807) is 4.90 Å². The van der Waals surface area contributed by atoms with Crippen LogP contribution in [-0.4, -0.2) is 29.0 Å². The Hall–Kier alpha value is -2.34. The lowest BCUT2D eigenvalue weighted by atomic mass is 9.87. The summed E-state index contributed by atoms with van der Waals surface area (Å²) < 4.78 is 37.8. The number of halogens is 3. The number of hydrogen-bond donors (Lipinski definition) is 1. The number of piperidine rings is 1. The highest BCUT2D eigenvalue weighted by molar-refractivity contribution is 5.94. The molecule has 3 nitrogen and oxygen atoms in total. The third kappa shape index (κ3) is 4.07. The molecule has 1 N–H and O–H groups in total. The molecule has 26 heavy (non-hydrogen) atoms. The van der Waals surface area contributed by atoms with Crippen molar-refractivity contribution in [1.82, 2.24) is 4.90 Å². The molecule has 0 saturated carbocycles. The number of carbonyl (C=O) groups is 1. The number of rotatable bonds is 3. The zero-order chi connectivity index (χ0) is 18.7. The molecule has 1 aliphatic heterocycles. The van der Waals surface area contributed by atoms with Crippen LogP contribution >= 0.6 is 0 Å². The Morgan fingerprint density at radius 3 is 2.12 bits per heavy atom. The zero-order valence-corrected chi connectivity index (χ0v) is 14.1. The van der Waals surface area contributed by atoms with Gasteiger partial charge in [0.2, 0.25) is 0 Å². The molecule has 3 rings (SSSR count). The second-order valence-electron chi connectivity index (χ2n) is 6.56. The quantitative estimate of drug-likeness (QED) is 0.884. The second kappa shape index (κ2) is 7.50. The van der Waals surface area contributed by atoms with Crippen molar-refractivity contribution in [3.8, 4) is 0 Å². The van der Waals surface area contributed by atoms with Gasteiger partial charge in [0.25, 0.3) is 5.91 Å². The highest BCUT2D eigenvalue weighted by Gasteiger charge is 2.31. The van der Waals surface area contributed by atoms with Gasteiger partial charge in [0.1, 0.15) is 0 Å². The average molecular weight is 363 g/mol. The summed E-state index contributed by atoms with van der Waals surface area (Å²) in [6, 6.07) is 13.7. The van der Waals surface area contributed by atoms with Gasteiger partial charge in [-0.3, -0.25) is 4.79 Å². The molecule has 1 atom stereocenters. The van der Waals surface area contributed by atoms with E-state index in [4.69, 9.17) is 0 Å². The summed E-state index contributed by atoms with van der Waals surface area (Å²) in [5.41, 5.74) is 0.346. The summed E-state index contributed by atoms with van der Waals surface area (Å²) in [5.74, 6) is -0.208. The number of aliphatic hydroxyl groups is 1. The Morgan fingerprint density at radius 1 is 1.00 bits per heavy atom. The van der Waals surface area contributed by atoms with E-state index in [0.29, 0.717) is 25.9 Å². The van der Waals surface area contributed by atoms with Crippen molar-refractivity contribution in [3.05, 3.63) is 71.3 Å². The van der Waals surface area contributed by atoms with Crippen LogP contribution in [0, 0.1) is 5.92 Å². The van der Waals surface area contributed by atoms with Crippen LogP contribution in [0.4, 0.5) is 13.2 Å². The summed E-state index contributed by atoms with van der Waals surface area (Å²) in [5, 5.41) is 10.5. The van der Waals surface area contributed by atoms with E-state index in [0.717, 1.165) is 17.7 Å². The van der Waals surface area contributed by atoms with Gasteiger partial charge in [-0.25, -0.2) is 0 Å². The molecule has 0 aromatic heterocycles. The van der Waals surface area contributed by atoms with Gasteiger partial charge in [-0.05, 0) is 48.6 Å². The molecular weight excluding hydrogens is 343 g/mol. The first-order valence-corrected chi connectivity index (χ1v) is 8.56. The van der Waals surface area contributed by atoms with Crippen LogP contribution in [0.15, 0.2) is 54.6 Å². The number of aliphatic hydroxyl groups excluding tert-OH is 1. The molecule has 0 spiro atoms. The number of nitrogens with zero attached hydrogens (tertiary/aromatic N) is 1. The van der Waals surface area contributed by atoms with Crippen molar-refractivity contribution in [1.29, 1.82) is 0 Å². The third-order valence-electron chi connectivity index (χ3n) is 4.87. The number of amides is 1. The van der Waals surface area contributed by atoms with Gasteiger partial charge in [0, 0.05) is 18.7 Å². The lowest BCUT2D eigenvalue weighted by Gasteiger charge is -2.34. The van der Waals surface area contributed by atoms with Gasteiger partial charge in [-0.1, -0.05) is 30.3 Å². The molecule has 1 aliphatic rings. The van der Waals surface area contributed by atoms with Crippen molar-refractivity contribution in [2.45, 2.75) is 25.1 Å². The summed E-state index contributed by atoms with van der Waals surface area (Å²) in [4.78, 5) is 14.1. The standard InChI is InChI=1S/C20H20F3NO2/c21-20(22,23)17-8-6-16(7-9-17)19(26)24-12-10-15(11-13-24)18(25)14-4-2-1-3-5-14/h1-9,15,18,25H,10-13H2. The van der Waals surface area contributed by atoms with Crippen LogP contribution in [0.2, 0.25) is 0 Å². The smallest absolute Gasteiger partial charge is 0.388 e. The second-order valence-corrected chi connectivity index (χ2v) is 6.56. The lowest BCUT2D eigenvalue weighted by Crippen LogP contribution is -2.39. The third-order valence-corrected chi connectivity index (χ3v) is 4.87. The lowest BCUT2D eigenvalue weighted by molar-refractivity contribution is -0.137. The van der Waals surface area contributed by atoms with E-state index in [9.17, 15) is 23.1 Å². The Morgan fingerprint density at radius 2 is 1.58 bits per heavy atom.